The van der Waals surface area contributed by atoms with Crippen LogP contribution in [0.3, 0.4) is 0 Å². The van der Waals surface area contributed by atoms with Crippen LogP contribution in [0.1, 0.15) is 57.9 Å². The lowest BCUT2D eigenvalue weighted by Gasteiger charge is -2.32. The highest BCUT2D eigenvalue weighted by molar-refractivity contribution is 5.19. The number of likely N-dealkylation sites (tertiary alicyclic amines) is 1. The Morgan fingerprint density at radius 2 is 1.86 bits per heavy atom. The van der Waals surface area contributed by atoms with Gasteiger partial charge in [-0.25, -0.2) is 0 Å². The van der Waals surface area contributed by atoms with E-state index >= 15 is 0 Å². The molecule has 2 unspecified atom stereocenters. The summed E-state index contributed by atoms with van der Waals surface area (Å²) in [5, 5.41) is 0. The van der Waals surface area contributed by atoms with E-state index in [9.17, 15) is 0 Å². The summed E-state index contributed by atoms with van der Waals surface area (Å²) in [4.78, 5) is 2.66. The van der Waals surface area contributed by atoms with Gasteiger partial charge in [0.1, 0.15) is 0 Å². The van der Waals surface area contributed by atoms with Gasteiger partial charge in [-0.15, -0.1) is 0 Å². The maximum Gasteiger partial charge on any atom is 0.0224 e. The lowest BCUT2D eigenvalue weighted by molar-refractivity contribution is 0.184. The second kappa shape index (κ2) is 7.42. The third-order valence-corrected chi connectivity index (χ3v) is 5.75. The van der Waals surface area contributed by atoms with Crippen LogP contribution in [0.4, 0.5) is 0 Å². The van der Waals surface area contributed by atoms with Gasteiger partial charge < -0.3 is 5.73 Å². The minimum atomic E-state index is 0.528. The molecule has 1 fully saturated rings. The van der Waals surface area contributed by atoms with E-state index in [0.717, 1.165) is 6.54 Å². The highest BCUT2D eigenvalue weighted by atomic mass is 15.2. The molecule has 1 aromatic carbocycles. The monoisotopic (exact) mass is 288 g/mol. The normalized spacial score (nSPS) is 21.3. The van der Waals surface area contributed by atoms with E-state index < -0.39 is 0 Å². The van der Waals surface area contributed by atoms with Crippen molar-refractivity contribution in [3.8, 4) is 0 Å². The first-order chi connectivity index (χ1) is 10.1. The molecule has 2 nitrogen and oxygen atoms in total. The topological polar surface area (TPSA) is 29.3 Å². The molecule has 1 aliphatic heterocycles. The molecule has 1 saturated heterocycles. The Kier molecular flexibility index (Phi) is 5.83. The smallest absolute Gasteiger partial charge is 0.0224 e. The summed E-state index contributed by atoms with van der Waals surface area (Å²) < 4.78 is 0. The zero-order valence-electron chi connectivity index (χ0n) is 14.0. The molecule has 1 aliphatic rings. The summed E-state index contributed by atoms with van der Waals surface area (Å²) in [5.74, 6) is 0.581. The molecule has 21 heavy (non-hydrogen) atoms. The quantitative estimate of drug-likeness (QED) is 0.821. The SMILES string of the molecule is CCC1(CC)CCN(C(CN)CC(C)c2ccccc2)C1. The van der Waals surface area contributed by atoms with Crippen molar-refractivity contribution in [3.05, 3.63) is 35.9 Å². The third-order valence-electron chi connectivity index (χ3n) is 5.75. The van der Waals surface area contributed by atoms with Crippen molar-refractivity contribution in [2.24, 2.45) is 11.1 Å². The Labute approximate surface area is 130 Å². The van der Waals surface area contributed by atoms with Crippen LogP contribution in [0.15, 0.2) is 30.3 Å². The molecular weight excluding hydrogens is 256 g/mol. The van der Waals surface area contributed by atoms with Gasteiger partial charge in [-0.3, -0.25) is 4.90 Å². The molecule has 2 N–H and O–H groups in total. The molecule has 0 saturated carbocycles. The van der Waals surface area contributed by atoms with Gasteiger partial charge in [-0.05, 0) is 49.1 Å². The molecule has 0 radical (unpaired) electrons. The van der Waals surface area contributed by atoms with Gasteiger partial charge in [0.05, 0.1) is 0 Å². The molecule has 0 amide bonds. The van der Waals surface area contributed by atoms with Crippen molar-refractivity contribution in [3.63, 3.8) is 0 Å². The summed E-state index contributed by atoms with van der Waals surface area (Å²) in [6, 6.07) is 11.4. The highest BCUT2D eigenvalue weighted by Gasteiger charge is 2.37. The fourth-order valence-corrected chi connectivity index (χ4v) is 3.83. The Morgan fingerprint density at radius 3 is 2.38 bits per heavy atom. The Hall–Kier alpha value is -0.860. The van der Waals surface area contributed by atoms with Crippen molar-refractivity contribution >= 4 is 0 Å². The molecule has 0 spiro atoms. The van der Waals surface area contributed by atoms with Crippen LogP contribution in [0.5, 0.6) is 0 Å². The first-order valence-corrected chi connectivity index (χ1v) is 8.63. The van der Waals surface area contributed by atoms with Crippen molar-refractivity contribution in [2.75, 3.05) is 19.6 Å². The Bertz CT molecular complexity index is 411. The Morgan fingerprint density at radius 1 is 1.19 bits per heavy atom. The second-order valence-corrected chi connectivity index (χ2v) is 6.86. The largest absolute Gasteiger partial charge is 0.329 e. The second-order valence-electron chi connectivity index (χ2n) is 6.86. The molecule has 1 heterocycles. The summed E-state index contributed by atoms with van der Waals surface area (Å²) in [5.41, 5.74) is 8.09. The molecule has 1 aromatic rings. The zero-order valence-corrected chi connectivity index (χ0v) is 14.0. The summed E-state index contributed by atoms with van der Waals surface area (Å²) in [6.07, 6.45) is 5.11. The number of nitrogens with two attached hydrogens (primary N) is 1. The maximum absolute atomic E-state index is 6.11. The summed E-state index contributed by atoms with van der Waals surface area (Å²) in [7, 11) is 0. The van der Waals surface area contributed by atoms with Gasteiger partial charge in [0.15, 0.2) is 0 Å². The van der Waals surface area contributed by atoms with Crippen molar-refractivity contribution < 1.29 is 0 Å². The van der Waals surface area contributed by atoms with Gasteiger partial charge in [-0.2, -0.15) is 0 Å². The van der Waals surface area contributed by atoms with E-state index in [4.69, 9.17) is 5.73 Å². The molecule has 2 atom stereocenters. The van der Waals surface area contributed by atoms with E-state index in [1.807, 2.05) is 0 Å². The van der Waals surface area contributed by atoms with Crippen LogP contribution < -0.4 is 5.73 Å². The van der Waals surface area contributed by atoms with E-state index in [1.165, 1.54) is 44.3 Å². The standard InChI is InChI=1S/C19H32N2/c1-4-19(5-2)11-12-21(15-19)18(14-20)13-16(3)17-9-7-6-8-10-17/h6-10,16,18H,4-5,11-15,20H2,1-3H3. The first-order valence-electron chi connectivity index (χ1n) is 8.63. The molecule has 2 heteroatoms. The van der Waals surface area contributed by atoms with E-state index in [-0.39, 0.29) is 0 Å². The molecule has 0 bridgehead atoms. The first kappa shape index (κ1) is 16.5. The predicted octanol–water partition coefficient (Wildman–Crippen LogP) is 4.02. The van der Waals surface area contributed by atoms with E-state index in [0.29, 0.717) is 17.4 Å². The maximum atomic E-state index is 6.11. The van der Waals surface area contributed by atoms with Crippen molar-refractivity contribution in [2.45, 2.75) is 58.4 Å². The minimum absolute atomic E-state index is 0.528. The lowest BCUT2D eigenvalue weighted by Crippen LogP contribution is -2.41. The number of hydrogen-bond acceptors (Lipinski definition) is 2. The molecule has 0 aromatic heterocycles. The third kappa shape index (κ3) is 3.87. The zero-order chi connectivity index (χ0) is 15.3. The lowest BCUT2D eigenvalue weighted by atomic mass is 9.82. The Balaban J connectivity index is 1.98. The van der Waals surface area contributed by atoms with Crippen LogP contribution in [-0.2, 0) is 0 Å². The molecule has 0 aliphatic carbocycles. The summed E-state index contributed by atoms with van der Waals surface area (Å²) >= 11 is 0. The van der Waals surface area contributed by atoms with Gasteiger partial charge in [0, 0.05) is 19.1 Å². The van der Waals surface area contributed by atoms with Crippen LogP contribution in [0.25, 0.3) is 0 Å². The molecule has 118 valence electrons. The summed E-state index contributed by atoms with van der Waals surface area (Å²) in [6.45, 7) is 10.3. The van der Waals surface area contributed by atoms with Crippen molar-refractivity contribution in [1.82, 2.24) is 4.90 Å². The highest BCUT2D eigenvalue weighted by Crippen LogP contribution is 2.38. The molecule has 2 rings (SSSR count). The van der Waals surface area contributed by atoms with Crippen LogP contribution in [0, 0.1) is 5.41 Å². The van der Waals surface area contributed by atoms with Gasteiger partial charge in [0.25, 0.3) is 0 Å². The minimum Gasteiger partial charge on any atom is -0.329 e. The van der Waals surface area contributed by atoms with Crippen LogP contribution >= 0.6 is 0 Å². The fraction of sp³-hybridized carbons (Fsp3) is 0.684. The number of benzene rings is 1. The van der Waals surface area contributed by atoms with Crippen LogP contribution in [0.2, 0.25) is 0 Å². The van der Waals surface area contributed by atoms with Gasteiger partial charge >= 0.3 is 0 Å². The average Bonchev–Trinajstić information content (AvgIpc) is 2.98. The predicted molar refractivity (Wildman–Crippen MR) is 91.5 cm³/mol. The van der Waals surface area contributed by atoms with Gasteiger partial charge in [0.2, 0.25) is 0 Å². The number of hydrogen-bond donors (Lipinski definition) is 1. The number of rotatable bonds is 7. The van der Waals surface area contributed by atoms with Crippen molar-refractivity contribution in [1.29, 1.82) is 0 Å². The fourth-order valence-electron chi connectivity index (χ4n) is 3.83. The molecular formula is C19H32N2. The van der Waals surface area contributed by atoms with Crippen LogP contribution in [-0.4, -0.2) is 30.6 Å². The van der Waals surface area contributed by atoms with Gasteiger partial charge in [-0.1, -0.05) is 51.1 Å². The van der Waals surface area contributed by atoms with E-state index in [2.05, 4.69) is 56.0 Å². The average molecular weight is 288 g/mol. The number of nitrogens with zero attached hydrogens (tertiary/aromatic N) is 1. The van der Waals surface area contributed by atoms with E-state index in [1.54, 1.807) is 0 Å².